The number of rotatable bonds is 4. The van der Waals surface area contributed by atoms with Crippen LogP contribution in [0.4, 0.5) is 11.4 Å². The van der Waals surface area contributed by atoms with Crippen LogP contribution in [-0.2, 0) is 4.79 Å². The monoisotopic (exact) mass is 355 g/mol. The summed E-state index contributed by atoms with van der Waals surface area (Å²) in [5, 5.41) is 18.9. The number of hydrogen-bond donors (Lipinski definition) is 1. The van der Waals surface area contributed by atoms with Gasteiger partial charge in [0.25, 0.3) is 11.6 Å². The fraction of sp³-hybridized carbons (Fsp3) is 0.0588. The van der Waals surface area contributed by atoms with E-state index in [1.54, 1.807) is 49.6 Å². The van der Waals surface area contributed by atoms with Crippen molar-refractivity contribution in [1.82, 2.24) is 0 Å². The Bertz CT molecular complexity index is 876. The minimum absolute atomic E-state index is 0.0137. The number of hydrogen-bond acceptors (Lipinski definition) is 6. The molecule has 2 aromatic rings. The van der Waals surface area contributed by atoms with Crippen LogP contribution in [0.1, 0.15) is 5.56 Å². The largest absolute Gasteiger partial charge is 0.497 e. The number of carbonyl (C=O) groups excluding carboxylic acids is 1. The van der Waals surface area contributed by atoms with Crippen LogP contribution in [0.15, 0.2) is 53.4 Å². The summed E-state index contributed by atoms with van der Waals surface area (Å²) < 4.78 is 5.09. The summed E-state index contributed by atoms with van der Waals surface area (Å²) in [6.45, 7) is 0. The van der Waals surface area contributed by atoms with E-state index in [4.69, 9.17) is 10.1 Å². The molecule has 0 aromatic heterocycles. The minimum Gasteiger partial charge on any atom is -0.497 e. The third-order valence-electron chi connectivity index (χ3n) is 3.56. The number of nitrogens with zero attached hydrogens (tertiary/aromatic N) is 2. The van der Waals surface area contributed by atoms with Crippen molar-refractivity contribution in [1.29, 1.82) is 5.41 Å². The van der Waals surface area contributed by atoms with E-state index >= 15 is 0 Å². The molecule has 1 aliphatic heterocycles. The molecule has 1 N–H and O–H groups in total. The molecule has 7 nitrogen and oxygen atoms in total. The lowest BCUT2D eigenvalue weighted by Crippen LogP contribution is -2.27. The number of nitrogens with one attached hydrogen (secondary N) is 1. The van der Waals surface area contributed by atoms with Crippen molar-refractivity contribution in [2.75, 3.05) is 12.0 Å². The first kappa shape index (κ1) is 16.7. The first-order chi connectivity index (χ1) is 12.0. The molecule has 126 valence electrons. The van der Waals surface area contributed by atoms with Crippen molar-refractivity contribution in [2.24, 2.45) is 0 Å². The van der Waals surface area contributed by atoms with Crippen LogP contribution >= 0.6 is 11.8 Å². The summed E-state index contributed by atoms with van der Waals surface area (Å²) in [5.41, 5.74) is 1.22. The Morgan fingerprint density at radius 1 is 1.16 bits per heavy atom. The lowest BCUT2D eigenvalue weighted by Gasteiger charge is -2.14. The minimum atomic E-state index is -0.479. The molecule has 0 saturated carbocycles. The van der Waals surface area contributed by atoms with Gasteiger partial charge in [0.1, 0.15) is 5.75 Å². The molecule has 25 heavy (non-hydrogen) atoms. The first-order valence-electron chi connectivity index (χ1n) is 7.20. The fourth-order valence-corrected chi connectivity index (χ4v) is 3.16. The van der Waals surface area contributed by atoms with Gasteiger partial charge in [-0.25, -0.2) is 0 Å². The van der Waals surface area contributed by atoms with Gasteiger partial charge in [-0.2, -0.15) is 0 Å². The van der Waals surface area contributed by atoms with Crippen molar-refractivity contribution in [2.45, 2.75) is 0 Å². The second-order valence-corrected chi connectivity index (χ2v) is 6.13. The molecule has 0 radical (unpaired) electrons. The van der Waals surface area contributed by atoms with Crippen molar-refractivity contribution >= 4 is 40.3 Å². The Morgan fingerprint density at radius 3 is 2.36 bits per heavy atom. The van der Waals surface area contributed by atoms with E-state index in [0.717, 1.165) is 11.8 Å². The highest BCUT2D eigenvalue weighted by atomic mass is 32.2. The van der Waals surface area contributed by atoms with E-state index < -0.39 is 4.92 Å². The molecule has 1 aliphatic rings. The number of ether oxygens (including phenoxy) is 1. The molecule has 0 bridgehead atoms. The number of nitro groups is 1. The average Bonchev–Trinajstić information content (AvgIpc) is 2.89. The standard InChI is InChI=1S/C17H13N3O4S/c1-24-14-8-6-12(7-9-14)19-16(21)15(25-17(19)18)10-11-2-4-13(5-3-11)20(22)23/h2-10,18H,1H3/b15-10-,18-17?. The number of anilines is 1. The second kappa shape index (κ2) is 6.78. The van der Waals surface area contributed by atoms with Crippen LogP contribution in [-0.4, -0.2) is 23.1 Å². The van der Waals surface area contributed by atoms with Crippen molar-refractivity contribution in [3.8, 4) is 5.75 Å². The smallest absolute Gasteiger partial charge is 0.271 e. The predicted octanol–water partition coefficient (Wildman–Crippen LogP) is 3.66. The van der Waals surface area contributed by atoms with Crippen molar-refractivity contribution in [3.63, 3.8) is 0 Å². The van der Waals surface area contributed by atoms with Gasteiger partial charge in [-0.3, -0.25) is 25.2 Å². The summed E-state index contributed by atoms with van der Waals surface area (Å²) in [4.78, 5) is 24.5. The number of non-ortho nitro benzene ring substituents is 1. The molecule has 1 saturated heterocycles. The second-order valence-electron chi connectivity index (χ2n) is 5.10. The van der Waals surface area contributed by atoms with Crippen LogP contribution in [0.3, 0.4) is 0 Å². The molecule has 0 unspecified atom stereocenters. The van der Waals surface area contributed by atoms with E-state index in [0.29, 0.717) is 21.9 Å². The molecule has 2 aromatic carbocycles. The first-order valence-corrected chi connectivity index (χ1v) is 8.02. The number of methoxy groups -OCH3 is 1. The summed E-state index contributed by atoms with van der Waals surface area (Å²) in [6, 6.07) is 12.8. The number of nitro benzene ring substituents is 1. The van der Waals surface area contributed by atoms with Crippen LogP contribution in [0.25, 0.3) is 6.08 Å². The lowest BCUT2D eigenvalue weighted by atomic mass is 10.2. The lowest BCUT2D eigenvalue weighted by molar-refractivity contribution is -0.384. The van der Waals surface area contributed by atoms with Crippen LogP contribution < -0.4 is 9.64 Å². The third kappa shape index (κ3) is 3.38. The van der Waals surface area contributed by atoms with Gasteiger partial charge in [0.05, 0.1) is 22.6 Å². The molecule has 1 heterocycles. The zero-order valence-corrected chi connectivity index (χ0v) is 13.9. The highest BCUT2D eigenvalue weighted by Crippen LogP contribution is 2.35. The predicted molar refractivity (Wildman–Crippen MR) is 96.9 cm³/mol. The van der Waals surface area contributed by atoms with Crippen LogP contribution in [0.2, 0.25) is 0 Å². The van der Waals surface area contributed by atoms with Gasteiger partial charge < -0.3 is 4.74 Å². The average molecular weight is 355 g/mol. The zero-order valence-electron chi connectivity index (χ0n) is 13.1. The Morgan fingerprint density at radius 2 is 1.80 bits per heavy atom. The maximum atomic E-state index is 12.6. The number of benzene rings is 2. The molecular formula is C17H13N3O4S. The van der Waals surface area contributed by atoms with Crippen LogP contribution in [0.5, 0.6) is 5.75 Å². The van der Waals surface area contributed by atoms with E-state index in [2.05, 4.69) is 0 Å². The topological polar surface area (TPSA) is 96.5 Å². The van der Waals surface area contributed by atoms with Crippen molar-refractivity contribution in [3.05, 3.63) is 69.1 Å². The van der Waals surface area contributed by atoms with Gasteiger partial charge in [0.15, 0.2) is 5.17 Å². The van der Waals surface area contributed by atoms with Crippen molar-refractivity contribution < 1.29 is 14.5 Å². The Hall–Kier alpha value is -3.13. The third-order valence-corrected chi connectivity index (χ3v) is 4.44. The van der Waals surface area contributed by atoms with Crippen LogP contribution in [0, 0.1) is 15.5 Å². The van der Waals surface area contributed by atoms with E-state index in [1.165, 1.54) is 17.0 Å². The molecule has 3 rings (SSSR count). The number of thioether (sulfide) groups is 1. The summed E-state index contributed by atoms with van der Waals surface area (Å²) in [7, 11) is 1.55. The number of amides is 1. The zero-order chi connectivity index (χ0) is 18.0. The molecule has 0 spiro atoms. The quantitative estimate of drug-likeness (QED) is 0.513. The fourth-order valence-electron chi connectivity index (χ4n) is 2.30. The molecule has 8 heteroatoms. The molecule has 1 amide bonds. The SMILES string of the molecule is COc1ccc(N2C(=N)S/C(=C\c3ccc([N+](=O)[O-])cc3)C2=O)cc1. The van der Waals surface area contributed by atoms with Gasteiger partial charge in [0, 0.05) is 12.1 Å². The summed E-state index contributed by atoms with van der Waals surface area (Å²) in [6.07, 6.45) is 1.62. The maximum Gasteiger partial charge on any atom is 0.271 e. The molecule has 0 atom stereocenters. The summed E-state index contributed by atoms with van der Waals surface area (Å²) >= 11 is 1.05. The number of amidine groups is 1. The van der Waals surface area contributed by atoms with Gasteiger partial charge in [0.2, 0.25) is 0 Å². The van der Waals surface area contributed by atoms with Gasteiger partial charge in [-0.1, -0.05) is 0 Å². The van der Waals surface area contributed by atoms with E-state index in [1.807, 2.05) is 0 Å². The highest BCUT2D eigenvalue weighted by Gasteiger charge is 2.33. The van der Waals surface area contributed by atoms with Gasteiger partial charge >= 0.3 is 0 Å². The van der Waals surface area contributed by atoms with Gasteiger partial charge in [-0.15, -0.1) is 0 Å². The Kier molecular flexibility index (Phi) is 4.53. The Labute approximate surface area is 147 Å². The molecule has 0 aliphatic carbocycles. The maximum absolute atomic E-state index is 12.6. The van der Waals surface area contributed by atoms with Gasteiger partial charge in [-0.05, 0) is 59.8 Å². The highest BCUT2D eigenvalue weighted by molar-refractivity contribution is 8.19. The normalized spacial score (nSPS) is 15.7. The van der Waals surface area contributed by atoms with E-state index in [9.17, 15) is 14.9 Å². The van der Waals surface area contributed by atoms with E-state index in [-0.39, 0.29) is 16.8 Å². The number of carbonyl (C=O) groups is 1. The molecular weight excluding hydrogens is 342 g/mol. The summed E-state index contributed by atoms with van der Waals surface area (Å²) in [5.74, 6) is 0.356. The molecule has 1 fully saturated rings. The Balaban J connectivity index is 1.85.